The van der Waals surface area contributed by atoms with Gasteiger partial charge in [0, 0.05) is 17.1 Å². The summed E-state index contributed by atoms with van der Waals surface area (Å²) in [5, 5.41) is 11.8. The molecule has 40 heavy (non-hydrogen) atoms. The van der Waals surface area contributed by atoms with E-state index in [1.807, 2.05) is 12.1 Å². The van der Waals surface area contributed by atoms with E-state index in [0.717, 1.165) is 24.8 Å². The van der Waals surface area contributed by atoms with E-state index < -0.39 is 17.7 Å². The molecule has 1 N–H and O–H groups in total. The number of methoxy groups -OCH3 is 1. The molecule has 0 spiro atoms. The normalized spacial score (nSPS) is 16.6. The Balaban J connectivity index is 1.54. The summed E-state index contributed by atoms with van der Waals surface area (Å²) in [6, 6.07) is 13.3. The highest BCUT2D eigenvalue weighted by Crippen LogP contribution is 2.40. The summed E-state index contributed by atoms with van der Waals surface area (Å²) in [4.78, 5) is 28.0. The predicted octanol–water partition coefficient (Wildman–Crippen LogP) is 9.25. The average molecular weight is 568 g/mol. The Hall–Kier alpha value is -2.79. The summed E-state index contributed by atoms with van der Waals surface area (Å²) in [6.45, 7) is 2.73. The minimum Gasteiger partial charge on any atom is -0.507 e. The van der Waals surface area contributed by atoms with Crippen LogP contribution >= 0.6 is 11.6 Å². The molecule has 0 radical (unpaired) electrons. The molecule has 1 heterocycles. The van der Waals surface area contributed by atoms with Gasteiger partial charge in [0.25, 0.3) is 11.7 Å². The van der Waals surface area contributed by atoms with Crippen molar-refractivity contribution in [3.05, 3.63) is 70.3 Å². The number of halogens is 1. The Morgan fingerprint density at radius 1 is 0.775 bits per heavy atom. The molecule has 1 fully saturated rings. The maximum Gasteiger partial charge on any atom is 0.295 e. The fourth-order valence-electron chi connectivity index (χ4n) is 5.48. The van der Waals surface area contributed by atoms with Crippen molar-refractivity contribution in [3.8, 4) is 5.75 Å². The molecule has 5 nitrogen and oxygen atoms in total. The number of nitrogens with zero attached hydrogens (tertiary/aromatic N) is 1. The Kier molecular flexibility index (Phi) is 13.6. The van der Waals surface area contributed by atoms with Crippen molar-refractivity contribution < 1.29 is 19.4 Å². The topological polar surface area (TPSA) is 66.8 Å². The third-order valence-electron chi connectivity index (χ3n) is 7.84. The smallest absolute Gasteiger partial charge is 0.295 e. The van der Waals surface area contributed by atoms with Crippen LogP contribution in [0.25, 0.3) is 5.76 Å². The molecule has 2 aromatic rings. The van der Waals surface area contributed by atoms with Gasteiger partial charge < -0.3 is 14.7 Å². The van der Waals surface area contributed by atoms with E-state index >= 15 is 0 Å². The number of carbonyl (C=O) groups excluding carboxylic acids is 2. The monoisotopic (exact) mass is 567 g/mol. The van der Waals surface area contributed by atoms with Crippen LogP contribution in [0.2, 0.25) is 5.02 Å². The molecule has 218 valence electrons. The maximum atomic E-state index is 13.2. The number of aliphatic hydroxyl groups excluding tert-OH is 1. The van der Waals surface area contributed by atoms with Crippen molar-refractivity contribution in [2.24, 2.45) is 0 Å². The molecule has 1 aliphatic rings. The van der Waals surface area contributed by atoms with Gasteiger partial charge in [0.05, 0.1) is 18.7 Å². The minimum absolute atomic E-state index is 0.114. The highest BCUT2D eigenvalue weighted by Gasteiger charge is 2.45. The van der Waals surface area contributed by atoms with Gasteiger partial charge in [-0.2, -0.15) is 0 Å². The third kappa shape index (κ3) is 9.12. The van der Waals surface area contributed by atoms with Crippen LogP contribution in [0.5, 0.6) is 5.75 Å². The summed E-state index contributed by atoms with van der Waals surface area (Å²) in [5.74, 6) is -0.753. The molecule has 0 unspecified atom stereocenters. The number of aliphatic hydroxyl groups is 1. The van der Waals surface area contributed by atoms with Gasteiger partial charge in [-0.05, 0) is 48.4 Å². The summed E-state index contributed by atoms with van der Waals surface area (Å²) < 4.78 is 5.21. The number of Topliss-reactive ketones (excluding diaryl/α,β-unsaturated/α-hetero) is 1. The van der Waals surface area contributed by atoms with Gasteiger partial charge in [-0.15, -0.1) is 0 Å². The van der Waals surface area contributed by atoms with Crippen molar-refractivity contribution in [1.29, 1.82) is 0 Å². The number of ketones is 1. The Morgan fingerprint density at radius 3 is 1.77 bits per heavy atom. The molecule has 1 saturated heterocycles. The SMILES string of the molecule is CCCCCCCCCCCCCCCCN1C(=O)C(=O)C(=C(O)c2ccc(OC)cc2)[C@@H]1c1ccc(Cl)cc1. The maximum absolute atomic E-state index is 13.2. The molecule has 0 bridgehead atoms. The zero-order valence-corrected chi connectivity index (χ0v) is 25.1. The molecule has 3 rings (SSSR count). The lowest BCUT2D eigenvalue weighted by atomic mass is 9.95. The molecular weight excluding hydrogens is 522 g/mol. The van der Waals surface area contributed by atoms with Crippen molar-refractivity contribution in [1.82, 2.24) is 4.90 Å². The highest BCUT2D eigenvalue weighted by atomic mass is 35.5. The summed E-state index contributed by atoms with van der Waals surface area (Å²) in [6.07, 6.45) is 17.6. The van der Waals surface area contributed by atoms with Crippen LogP contribution in [0, 0.1) is 0 Å². The van der Waals surface area contributed by atoms with Crippen LogP contribution < -0.4 is 4.74 Å². The number of likely N-dealkylation sites (tertiary alicyclic amines) is 1. The van der Waals surface area contributed by atoms with Crippen molar-refractivity contribution in [2.45, 2.75) is 103 Å². The third-order valence-corrected chi connectivity index (χ3v) is 8.09. The lowest BCUT2D eigenvalue weighted by Crippen LogP contribution is -2.30. The van der Waals surface area contributed by atoms with Gasteiger partial charge in [-0.3, -0.25) is 9.59 Å². The van der Waals surface area contributed by atoms with Crippen molar-refractivity contribution in [3.63, 3.8) is 0 Å². The van der Waals surface area contributed by atoms with Crippen molar-refractivity contribution >= 4 is 29.1 Å². The summed E-state index contributed by atoms with van der Waals surface area (Å²) in [5.41, 5.74) is 1.33. The lowest BCUT2D eigenvalue weighted by Gasteiger charge is -2.25. The molecule has 1 atom stereocenters. The van der Waals surface area contributed by atoms with Gasteiger partial charge in [0.1, 0.15) is 11.5 Å². The second kappa shape index (κ2) is 17.1. The zero-order valence-electron chi connectivity index (χ0n) is 24.3. The highest BCUT2D eigenvalue weighted by molar-refractivity contribution is 6.46. The first-order valence-corrected chi connectivity index (χ1v) is 15.5. The second-order valence-electron chi connectivity index (χ2n) is 10.9. The molecule has 0 aromatic heterocycles. The van der Waals surface area contributed by atoms with E-state index in [4.69, 9.17) is 16.3 Å². The molecule has 0 aliphatic carbocycles. The molecule has 0 saturated carbocycles. The number of benzene rings is 2. The minimum atomic E-state index is -0.654. The quantitative estimate of drug-likeness (QED) is 0.0843. The van der Waals surface area contributed by atoms with Gasteiger partial charge in [-0.25, -0.2) is 0 Å². The first-order chi connectivity index (χ1) is 19.5. The number of rotatable bonds is 18. The number of amides is 1. The Labute approximate surface area is 245 Å². The van der Waals surface area contributed by atoms with Crippen LogP contribution in [0.15, 0.2) is 54.1 Å². The van der Waals surface area contributed by atoms with Gasteiger partial charge in [-0.1, -0.05) is 114 Å². The Morgan fingerprint density at radius 2 is 1.27 bits per heavy atom. The van der Waals surface area contributed by atoms with Crippen LogP contribution in [0.3, 0.4) is 0 Å². The lowest BCUT2D eigenvalue weighted by molar-refractivity contribution is -0.139. The van der Waals surface area contributed by atoms with E-state index in [9.17, 15) is 14.7 Å². The number of unbranched alkanes of at least 4 members (excludes halogenated alkanes) is 13. The molecule has 6 heteroatoms. The standard InChI is InChI=1S/C34H46ClNO4/c1-3-4-5-6-7-8-9-10-11-12-13-14-15-16-25-36-31(26-17-21-28(35)22-18-26)30(33(38)34(36)39)32(37)27-19-23-29(40-2)24-20-27/h17-24,31,37H,3-16,25H2,1-2H3/t31-/m0/s1. The van der Waals surface area contributed by atoms with E-state index in [-0.39, 0.29) is 11.3 Å². The van der Waals surface area contributed by atoms with Crippen molar-refractivity contribution in [2.75, 3.05) is 13.7 Å². The van der Waals surface area contributed by atoms with Gasteiger partial charge in [0.15, 0.2) is 0 Å². The van der Waals surface area contributed by atoms with E-state index in [0.29, 0.717) is 22.9 Å². The number of ether oxygens (including phenoxy) is 1. The van der Waals surface area contributed by atoms with E-state index in [2.05, 4.69) is 6.92 Å². The van der Waals surface area contributed by atoms with E-state index in [1.165, 1.54) is 70.6 Å². The largest absolute Gasteiger partial charge is 0.507 e. The van der Waals surface area contributed by atoms with Crippen LogP contribution in [0.1, 0.15) is 114 Å². The molecule has 1 aliphatic heterocycles. The first-order valence-electron chi connectivity index (χ1n) is 15.2. The summed E-state index contributed by atoms with van der Waals surface area (Å²) >= 11 is 6.12. The van der Waals surface area contributed by atoms with Crippen LogP contribution in [0.4, 0.5) is 0 Å². The summed E-state index contributed by atoms with van der Waals surface area (Å²) in [7, 11) is 1.57. The Bertz CT molecular complexity index is 1090. The fraction of sp³-hybridized carbons (Fsp3) is 0.529. The molecule has 2 aromatic carbocycles. The molecular formula is C34H46ClNO4. The second-order valence-corrected chi connectivity index (χ2v) is 11.3. The predicted molar refractivity (Wildman–Crippen MR) is 164 cm³/mol. The average Bonchev–Trinajstić information content (AvgIpc) is 3.22. The van der Waals surface area contributed by atoms with Gasteiger partial charge >= 0.3 is 0 Å². The zero-order chi connectivity index (χ0) is 28.7. The van der Waals surface area contributed by atoms with Gasteiger partial charge in [0.2, 0.25) is 0 Å². The van der Waals surface area contributed by atoms with E-state index in [1.54, 1.807) is 48.4 Å². The number of hydrogen-bond donors (Lipinski definition) is 1. The number of carbonyl (C=O) groups is 2. The fourth-order valence-corrected chi connectivity index (χ4v) is 5.61. The molecule has 1 amide bonds. The first kappa shape index (κ1) is 31.7. The van der Waals surface area contributed by atoms with Crippen LogP contribution in [-0.4, -0.2) is 35.4 Å². The van der Waals surface area contributed by atoms with Crippen LogP contribution in [-0.2, 0) is 9.59 Å². The number of hydrogen-bond acceptors (Lipinski definition) is 4.